The molecular weight excluding hydrogens is 194 g/mol. The number of methoxy groups -OCH3 is 2. The third-order valence-corrected chi connectivity index (χ3v) is 3.72. The van der Waals surface area contributed by atoms with Crippen molar-refractivity contribution in [3.63, 3.8) is 0 Å². The number of hydrogen-bond donors (Lipinski definition) is 0. The number of hydrogen-bond acceptors (Lipinski definition) is 3. The summed E-state index contributed by atoms with van der Waals surface area (Å²) in [6, 6.07) is 0. The molecule has 0 fully saturated rings. The Hall–Kier alpha value is -0.163. The van der Waals surface area contributed by atoms with Crippen molar-refractivity contribution in [2.75, 3.05) is 28.3 Å². The minimum atomic E-state index is -0.294. The maximum absolute atomic E-state index is 5.32. The second-order valence-corrected chi connectivity index (χ2v) is 5.76. The van der Waals surface area contributed by atoms with E-state index in [0.29, 0.717) is 0 Å². The van der Waals surface area contributed by atoms with Crippen LogP contribution in [0.4, 0.5) is 0 Å². The van der Waals surface area contributed by atoms with Gasteiger partial charge in [0.25, 0.3) is 0 Å². The van der Waals surface area contributed by atoms with Crippen molar-refractivity contribution in [3.8, 4) is 0 Å². The molecule has 0 aromatic heterocycles. The Kier molecular flexibility index (Phi) is 7.09. The van der Waals surface area contributed by atoms with Crippen molar-refractivity contribution < 1.29 is 9.47 Å². The number of nitrogens with zero attached hydrogens (tertiary/aromatic N) is 1. The van der Waals surface area contributed by atoms with Crippen LogP contribution in [0, 0.1) is 0 Å². The fraction of sp³-hybridized carbons (Fsp3) is 0.800. The molecule has 0 radical (unpaired) electrons. The molecule has 0 saturated carbocycles. The van der Waals surface area contributed by atoms with Crippen molar-refractivity contribution >= 4 is 9.68 Å². The first-order valence-corrected chi connectivity index (χ1v) is 6.38. The molecule has 0 aliphatic heterocycles. The van der Waals surface area contributed by atoms with Crippen molar-refractivity contribution in [2.45, 2.75) is 26.1 Å². The predicted octanol–water partition coefficient (Wildman–Crippen LogP) is 0.585. The summed E-state index contributed by atoms with van der Waals surface area (Å²) in [5.41, 5.74) is 3.57. The average molecular weight is 217 g/mol. The van der Waals surface area contributed by atoms with Crippen LogP contribution in [0.2, 0.25) is 0 Å². The molecule has 0 aromatic rings. The van der Waals surface area contributed by atoms with Crippen LogP contribution in [0.15, 0.2) is 11.3 Å². The Labute approximate surface area is 90.0 Å². The highest BCUT2D eigenvalue weighted by Gasteiger charge is 2.14. The van der Waals surface area contributed by atoms with Gasteiger partial charge in [-0.15, -0.1) is 0 Å². The number of ether oxygens (including phenoxy) is 2. The van der Waals surface area contributed by atoms with Crippen molar-refractivity contribution in [1.29, 1.82) is 0 Å². The molecule has 3 nitrogen and oxygen atoms in total. The van der Waals surface area contributed by atoms with E-state index >= 15 is 0 Å². The van der Waals surface area contributed by atoms with Gasteiger partial charge in [-0.3, -0.25) is 0 Å². The van der Waals surface area contributed by atoms with E-state index in [2.05, 4.69) is 38.2 Å². The van der Waals surface area contributed by atoms with Crippen LogP contribution in [0.1, 0.15) is 13.8 Å². The SMILES string of the molecule is COC(C)C(=C[SiH2]N(C)C)C(C)OC. The van der Waals surface area contributed by atoms with E-state index < -0.39 is 0 Å². The highest BCUT2D eigenvalue weighted by molar-refractivity contribution is 6.38. The maximum Gasteiger partial charge on any atom is 0.119 e. The van der Waals surface area contributed by atoms with Gasteiger partial charge >= 0.3 is 0 Å². The van der Waals surface area contributed by atoms with Gasteiger partial charge < -0.3 is 14.0 Å². The molecule has 0 saturated heterocycles. The summed E-state index contributed by atoms with van der Waals surface area (Å²) in [5, 5.41) is 0. The van der Waals surface area contributed by atoms with E-state index in [4.69, 9.17) is 9.47 Å². The Morgan fingerprint density at radius 2 is 1.57 bits per heavy atom. The van der Waals surface area contributed by atoms with Crippen LogP contribution in [0.25, 0.3) is 0 Å². The summed E-state index contributed by atoms with van der Waals surface area (Å²) in [6.45, 7) is 4.12. The van der Waals surface area contributed by atoms with Gasteiger partial charge in [-0.1, -0.05) is 5.70 Å². The van der Waals surface area contributed by atoms with Gasteiger partial charge in [0.05, 0.1) is 12.2 Å². The summed E-state index contributed by atoms with van der Waals surface area (Å²) in [6.07, 6.45) is 0.301. The van der Waals surface area contributed by atoms with Crippen molar-refractivity contribution in [2.24, 2.45) is 0 Å². The van der Waals surface area contributed by atoms with Crippen LogP contribution in [-0.4, -0.2) is 54.8 Å². The van der Waals surface area contributed by atoms with Crippen LogP contribution in [0.5, 0.6) is 0 Å². The molecule has 0 spiro atoms. The fourth-order valence-electron chi connectivity index (χ4n) is 1.22. The molecular formula is C10H23NO2Si. The molecule has 0 N–H and O–H groups in total. The molecule has 84 valence electrons. The van der Waals surface area contributed by atoms with Gasteiger partial charge in [-0.25, -0.2) is 0 Å². The summed E-state index contributed by atoms with van der Waals surface area (Å²) in [7, 11) is 7.39. The van der Waals surface area contributed by atoms with Gasteiger partial charge in [-0.2, -0.15) is 0 Å². The Morgan fingerprint density at radius 1 is 1.14 bits per heavy atom. The zero-order chi connectivity index (χ0) is 11.1. The predicted molar refractivity (Wildman–Crippen MR) is 63.3 cm³/mol. The van der Waals surface area contributed by atoms with Crippen molar-refractivity contribution in [1.82, 2.24) is 4.57 Å². The summed E-state index contributed by atoms with van der Waals surface area (Å²) in [5.74, 6) is 0. The zero-order valence-corrected chi connectivity index (χ0v) is 11.6. The van der Waals surface area contributed by atoms with Gasteiger partial charge in [0.2, 0.25) is 0 Å². The van der Waals surface area contributed by atoms with Crippen LogP contribution >= 0.6 is 0 Å². The summed E-state index contributed by atoms with van der Waals surface area (Å²) < 4.78 is 12.9. The summed E-state index contributed by atoms with van der Waals surface area (Å²) in [4.78, 5) is 0. The topological polar surface area (TPSA) is 21.7 Å². The van der Waals surface area contributed by atoms with Crippen LogP contribution in [-0.2, 0) is 9.47 Å². The molecule has 2 unspecified atom stereocenters. The van der Waals surface area contributed by atoms with E-state index in [1.54, 1.807) is 14.2 Å². The quantitative estimate of drug-likeness (QED) is 0.608. The standard InChI is InChI=1S/C10H23NO2Si/c1-8(12-5)10(9(2)13-6)7-14-11(3)4/h7-9H,14H2,1-6H3. The molecule has 0 rings (SSSR count). The molecule has 0 amide bonds. The second-order valence-electron chi connectivity index (χ2n) is 3.72. The monoisotopic (exact) mass is 217 g/mol. The molecule has 0 aromatic carbocycles. The Bertz CT molecular complexity index is 171. The third-order valence-electron chi connectivity index (χ3n) is 2.34. The van der Waals surface area contributed by atoms with Gasteiger partial charge in [0.15, 0.2) is 0 Å². The molecule has 4 heteroatoms. The van der Waals surface area contributed by atoms with Gasteiger partial charge in [0, 0.05) is 14.2 Å². The highest BCUT2D eigenvalue weighted by atomic mass is 28.2. The number of rotatable bonds is 6. The van der Waals surface area contributed by atoms with Gasteiger partial charge in [-0.05, 0) is 33.5 Å². The van der Waals surface area contributed by atoms with E-state index in [0.717, 1.165) is 0 Å². The van der Waals surface area contributed by atoms with E-state index in [1.165, 1.54) is 5.57 Å². The van der Waals surface area contributed by atoms with E-state index in [-0.39, 0.29) is 21.9 Å². The maximum atomic E-state index is 5.32. The molecule has 0 aliphatic rings. The van der Waals surface area contributed by atoms with E-state index in [9.17, 15) is 0 Å². The molecule has 2 atom stereocenters. The first-order chi connectivity index (χ1) is 6.52. The minimum Gasteiger partial charge on any atom is -0.377 e. The zero-order valence-electron chi connectivity index (χ0n) is 10.2. The molecule has 0 aliphatic carbocycles. The first-order valence-electron chi connectivity index (χ1n) is 4.93. The molecule has 14 heavy (non-hydrogen) atoms. The molecule has 0 heterocycles. The first kappa shape index (κ1) is 13.8. The lowest BCUT2D eigenvalue weighted by molar-refractivity contribution is 0.0909. The lowest BCUT2D eigenvalue weighted by Crippen LogP contribution is -2.24. The molecule has 0 bridgehead atoms. The lowest BCUT2D eigenvalue weighted by Gasteiger charge is -2.21. The largest absolute Gasteiger partial charge is 0.377 e. The smallest absolute Gasteiger partial charge is 0.119 e. The Balaban J connectivity index is 4.45. The van der Waals surface area contributed by atoms with Gasteiger partial charge in [0.1, 0.15) is 9.68 Å². The van der Waals surface area contributed by atoms with Crippen LogP contribution < -0.4 is 0 Å². The Morgan fingerprint density at radius 3 is 1.86 bits per heavy atom. The second kappa shape index (κ2) is 7.17. The minimum absolute atomic E-state index is 0.150. The highest BCUT2D eigenvalue weighted by Crippen LogP contribution is 2.12. The van der Waals surface area contributed by atoms with Crippen molar-refractivity contribution in [3.05, 3.63) is 11.3 Å². The summed E-state index contributed by atoms with van der Waals surface area (Å²) >= 11 is 0. The average Bonchev–Trinajstić information content (AvgIpc) is 2.16. The normalized spacial score (nSPS) is 16.2. The van der Waals surface area contributed by atoms with E-state index in [1.807, 2.05) is 0 Å². The lowest BCUT2D eigenvalue weighted by atomic mass is 10.1. The third kappa shape index (κ3) is 4.90. The van der Waals surface area contributed by atoms with Crippen LogP contribution in [0.3, 0.4) is 0 Å². The fourth-order valence-corrected chi connectivity index (χ4v) is 2.46.